The second kappa shape index (κ2) is 3.55. The molecule has 0 radical (unpaired) electrons. The summed E-state index contributed by atoms with van der Waals surface area (Å²) in [6.45, 7) is 10.2. The van der Waals surface area contributed by atoms with Crippen LogP contribution in [0.5, 0.6) is 0 Å². The third kappa shape index (κ3) is 2.17. The second-order valence-electron chi connectivity index (χ2n) is 5.63. The van der Waals surface area contributed by atoms with Gasteiger partial charge in [0.1, 0.15) is 0 Å². The molecule has 2 rings (SSSR count). The summed E-state index contributed by atoms with van der Waals surface area (Å²) in [7, 11) is 0. The van der Waals surface area contributed by atoms with Crippen molar-refractivity contribution < 1.29 is 0 Å². The first-order valence-corrected chi connectivity index (χ1v) is 5.82. The Balaban J connectivity index is 2.47. The minimum Gasteiger partial charge on any atom is -0.385 e. The predicted octanol–water partition coefficient (Wildman–Crippen LogP) is 3.69. The number of hydrogen-bond acceptors (Lipinski definition) is 1. The highest BCUT2D eigenvalue weighted by Crippen LogP contribution is 2.34. The summed E-state index contributed by atoms with van der Waals surface area (Å²) in [6.07, 6.45) is 2.44. The Morgan fingerprint density at radius 3 is 2.67 bits per heavy atom. The molecule has 1 heteroatoms. The lowest BCUT2D eigenvalue weighted by Gasteiger charge is -2.22. The number of anilines is 1. The van der Waals surface area contributed by atoms with E-state index in [-0.39, 0.29) is 0 Å². The molecule has 1 aliphatic rings. The highest BCUT2D eigenvalue weighted by atomic mass is 14.9. The number of hydrogen-bond donors (Lipinski definition) is 1. The fraction of sp³-hybridized carbons (Fsp3) is 0.571. The first kappa shape index (κ1) is 10.5. The SMILES string of the molecule is Cc1cc(C)c2c(c1)CC(C)(C)CCN2. The summed E-state index contributed by atoms with van der Waals surface area (Å²) in [5.41, 5.74) is 6.08. The molecular weight excluding hydrogens is 182 g/mol. The Bertz CT molecular complexity index is 377. The van der Waals surface area contributed by atoms with Crippen molar-refractivity contribution in [3.63, 3.8) is 0 Å². The van der Waals surface area contributed by atoms with Gasteiger partial charge in [0, 0.05) is 12.2 Å². The van der Waals surface area contributed by atoms with Gasteiger partial charge in [0.25, 0.3) is 0 Å². The van der Waals surface area contributed by atoms with Crippen LogP contribution in [-0.2, 0) is 6.42 Å². The summed E-state index contributed by atoms with van der Waals surface area (Å²) in [6, 6.07) is 4.60. The van der Waals surface area contributed by atoms with Crippen LogP contribution in [0.3, 0.4) is 0 Å². The molecule has 0 bridgehead atoms. The van der Waals surface area contributed by atoms with Crippen LogP contribution in [-0.4, -0.2) is 6.54 Å². The quantitative estimate of drug-likeness (QED) is 0.678. The average molecular weight is 203 g/mol. The molecule has 15 heavy (non-hydrogen) atoms. The van der Waals surface area contributed by atoms with E-state index in [0.29, 0.717) is 5.41 Å². The van der Waals surface area contributed by atoms with Crippen LogP contribution in [0.1, 0.15) is 37.0 Å². The van der Waals surface area contributed by atoms with E-state index in [0.717, 1.165) is 6.54 Å². The van der Waals surface area contributed by atoms with E-state index in [1.54, 1.807) is 0 Å². The van der Waals surface area contributed by atoms with E-state index < -0.39 is 0 Å². The van der Waals surface area contributed by atoms with Crippen molar-refractivity contribution in [3.05, 3.63) is 28.8 Å². The minimum atomic E-state index is 0.429. The normalized spacial score (nSPS) is 18.9. The van der Waals surface area contributed by atoms with E-state index in [4.69, 9.17) is 0 Å². The maximum Gasteiger partial charge on any atom is 0.0402 e. The molecule has 0 aliphatic carbocycles. The van der Waals surface area contributed by atoms with Crippen molar-refractivity contribution in [3.8, 4) is 0 Å². The van der Waals surface area contributed by atoms with E-state index >= 15 is 0 Å². The van der Waals surface area contributed by atoms with Gasteiger partial charge in [-0.05, 0) is 43.2 Å². The molecule has 1 N–H and O–H groups in total. The number of fused-ring (bicyclic) bond motifs is 1. The van der Waals surface area contributed by atoms with Gasteiger partial charge in [-0.3, -0.25) is 0 Å². The molecule has 0 atom stereocenters. The van der Waals surface area contributed by atoms with Crippen LogP contribution in [0.15, 0.2) is 12.1 Å². The predicted molar refractivity (Wildman–Crippen MR) is 66.5 cm³/mol. The molecule has 0 saturated heterocycles. The molecule has 1 aromatic carbocycles. The zero-order valence-electron chi connectivity index (χ0n) is 10.3. The van der Waals surface area contributed by atoms with Gasteiger partial charge in [-0.1, -0.05) is 31.5 Å². The molecule has 0 fully saturated rings. The van der Waals surface area contributed by atoms with Crippen LogP contribution in [0, 0.1) is 19.3 Å². The van der Waals surface area contributed by atoms with E-state index in [1.807, 2.05) is 0 Å². The topological polar surface area (TPSA) is 12.0 Å². The smallest absolute Gasteiger partial charge is 0.0402 e. The number of benzene rings is 1. The monoisotopic (exact) mass is 203 g/mol. The van der Waals surface area contributed by atoms with Gasteiger partial charge in [0.2, 0.25) is 0 Å². The van der Waals surface area contributed by atoms with Crippen molar-refractivity contribution in [1.29, 1.82) is 0 Å². The standard InChI is InChI=1S/C14H21N/c1-10-7-11(2)13-12(8-10)9-14(3,4)5-6-15-13/h7-8,15H,5-6,9H2,1-4H3. The van der Waals surface area contributed by atoms with Crippen molar-refractivity contribution in [1.82, 2.24) is 0 Å². The van der Waals surface area contributed by atoms with Crippen LogP contribution in [0.2, 0.25) is 0 Å². The van der Waals surface area contributed by atoms with Gasteiger partial charge >= 0.3 is 0 Å². The molecule has 0 spiro atoms. The third-order valence-corrected chi connectivity index (χ3v) is 3.33. The average Bonchev–Trinajstić information content (AvgIpc) is 2.21. The van der Waals surface area contributed by atoms with Crippen molar-refractivity contribution >= 4 is 5.69 Å². The third-order valence-electron chi connectivity index (χ3n) is 3.33. The molecule has 0 amide bonds. The van der Waals surface area contributed by atoms with Crippen LogP contribution in [0.25, 0.3) is 0 Å². The first-order chi connectivity index (χ1) is 6.98. The lowest BCUT2D eigenvalue weighted by molar-refractivity contribution is 0.349. The van der Waals surface area contributed by atoms with Crippen molar-refractivity contribution in [2.45, 2.75) is 40.5 Å². The molecule has 1 aromatic rings. The molecule has 0 saturated carbocycles. The zero-order chi connectivity index (χ0) is 11.1. The second-order valence-corrected chi connectivity index (χ2v) is 5.63. The number of rotatable bonds is 0. The molecule has 0 aromatic heterocycles. The molecule has 0 unspecified atom stereocenters. The minimum absolute atomic E-state index is 0.429. The van der Waals surface area contributed by atoms with Gasteiger partial charge in [-0.25, -0.2) is 0 Å². The highest BCUT2D eigenvalue weighted by Gasteiger charge is 2.23. The molecule has 1 aliphatic heterocycles. The Labute approximate surface area is 92.9 Å². The molecule has 1 heterocycles. The Kier molecular flexibility index (Phi) is 2.49. The van der Waals surface area contributed by atoms with Gasteiger partial charge in [0.05, 0.1) is 0 Å². The number of aryl methyl sites for hydroxylation is 2. The number of nitrogens with one attached hydrogen (secondary N) is 1. The summed E-state index contributed by atoms with van der Waals surface area (Å²) in [5.74, 6) is 0. The Morgan fingerprint density at radius 2 is 1.93 bits per heavy atom. The largest absolute Gasteiger partial charge is 0.385 e. The molecule has 1 nitrogen and oxygen atoms in total. The van der Waals surface area contributed by atoms with Gasteiger partial charge < -0.3 is 5.32 Å². The summed E-state index contributed by atoms with van der Waals surface area (Å²) >= 11 is 0. The van der Waals surface area contributed by atoms with Crippen molar-refractivity contribution in [2.75, 3.05) is 11.9 Å². The van der Waals surface area contributed by atoms with Gasteiger partial charge in [-0.2, -0.15) is 0 Å². The Hall–Kier alpha value is -0.980. The summed E-state index contributed by atoms with van der Waals surface area (Å²) in [5, 5.41) is 3.58. The fourth-order valence-electron chi connectivity index (χ4n) is 2.58. The first-order valence-electron chi connectivity index (χ1n) is 5.82. The Morgan fingerprint density at radius 1 is 1.20 bits per heavy atom. The van der Waals surface area contributed by atoms with E-state index in [9.17, 15) is 0 Å². The highest BCUT2D eigenvalue weighted by molar-refractivity contribution is 5.59. The van der Waals surface area contributed by atoms with Crippen molar-refractivity contribution in [2.24, 2.45) is 5.41 Å². The maximum absolute atomic E-state index is 3.58. The fourth-order valence-corrected chi connectivity index (χ4v) is 2.58. The summed E-state index contributed by atoms with van der Waals surface area (Å²) < 4.78 is 0. The van der Waals surface area contributed by atoms with Crippen LogP contribution in [0.4, 0.5) is 5.69 Å². The summed E-state index contributed by atoms with van der Waals surface area (Å²) in [4.78, 5) is 0. The molecule has 82 valence electrons. The van der Waals surface area contributed by atoms with E-state index in [1.165, 1.54) is 35.2 Å². The van der Waals surface area contributed by atoms with Gasteiger partial charge in [0.15, 0.2) is 0 Å². The molecular formula is C14H21N. The lowest BCUT2D eigenvalue weighted by atomic mass is 9.83. The van der Waals surface area contributed by atoms with Crippen LogP contribution >= 0.6 is 0 Å². The zero-order valence-corrected chi connectivity index (χ0v) is 10.3. The van der Waals surface area contributed by atoms with Crippen LogP contribution < -0.4 is 5.32 Å². The lowest BCUT2D eigenvalue weighted by Crippen LogP contribution is -2.15. The van der Waals surface area contributed by atoms with Gasteiger partial charge in [-0.15, -0.1) is 0 Å². The maximum atomic E-state index is 3.58. The van der Waals surface area contributed by atoms with E-state index in [2.05, 4.69) is 45.1 Å².